The smallest absolute Gasteiger partial charge is 0.382 e. The van der Waals surface area contributed by atoms with E-state index in [0.29, 0.717) is 6.61 Å². The monoisotopic (exact) mass is 310 g/mol. The lowest BCUT2D eigenvalue weighted by molar-refractivity contribution is -0.0438. The standard InChI is InChI=1S/C10H20BO8P/c1-14-4-5-17-9-8(19-20(12,13)16-3)7(6-15-2)18-10(9)11/h7-10H,4-6H2,1-3H3,(H,12,13)/t7-,8?,9+,10-/m1/s1. The average molecular weight is 310 g/mol. The predicted molar refractivity (Wildman–Crippen MR) is 69.6 cm³/mol. The average Bonchev–Trinajstić information content (AvgIpc) is 2.67. The number of phosphoric acid groups is 1. The fourth-order valence-electron chi connectivity index (χ4n) is 1.84. The van der Waals surface area contributed by atoms with Crippen molar-refractivity contribution in [3.63, 3.8) is 0 Å². The summed E-state index contributed by atoms with van der Waals surface area (Å²) < 4.78 is 41.8. The van der Waals surface area contributed by atoms with Gasteiger partial charge in [0.15, 0.2) is 0 Å². The van der Waals surface area contributed by atoms with Crippen LogP contribution in [0.1, 0.15) is 0 Å². The molecule has 0 amide bonds. The van der Waals surface area contributed by atoms with Crippen LogP contribution in [0.3, 0.4) is 0 Å². The topological polar surface area (TPSA) is 92.7 Å². The number of phosphoric ester groups is 1. The first-order valence-corrected chi connectivity index (χ1v) is 7.52. The van der Waals surface area contributed by atoms with E-state index in [4.69, 9.17) is 31.3 Å². The molecular formula is C10H20BO8P. The third-order valence-electron chi connectivity index (χ3n) is 2.76. The first-order valence-electron chi connectivity index (χ1n) is 6.02. The van der Waals surface area contributed by atoms with E-state index in [1.54, 1.807) is 0 Å². The van der Waals surface area contributed by atoms with Gasteiger partial charge in [-0.1, -0.05) is 0 Å². The Labute approximate surface area is 119 Å². The molecule has 1 aliphatic heterocycles. The molecule has 1 aliphatic rings. The number of methoxy groups -OCH3 is 2. The number of hydrogen-bond donors (Lipinski definition) is 1. The number of rotatable bonds is 9. The Balaban J connectivity index is 2.74. The van der Waals surface area contributed by atoms with Gasteiger partial charge < -0.3 is 23.8 Å². The molecule has 2 unspecified atom stereocenters. The molecule has 1 fully saturated rings. The molecule has 116 valence electrons. The molecule has 0 aromatic carbocycles. The fraction of sp³-hybridized carbons (Fsp3) is 1.00. The molecule has 1 rings (SSSR count). The molecule has 0 saturated carbocycles. The van der Waals surface area contributed by atoms with Crippen LogP contribution in [0.2, 0.25) is 0 Å². The molecule has 2 radical (unpaired) electrons. The summed E-state index contributed by atoms with van der Waals surface area (Å²) in [6, 6.07) is -0.797. The van der Waals surface area contributed by atoms with Gasteiger partial charge in [0, 0.05) is 27.3 Å². The van der Waals surface area contributed by atoms with Crippen molar-refractivity contribution >= 4 is 15.7 Å². The normalized spacial score (nSPS) is 33.2. The summed E-state index contributed by atoms with van der Waals surface area (Å²) in [6.45, 7) is 0.749. The van der Waals surface area contributed by atoms with Crippen molar-refractivity contribution in [1.29, 1.82) is 0 Å². The minimum absolute atomic E-state index is 0.145. The molecule has 0 aromatic heterocycles. The maximum atomic E-state index is 11.6. The van der Waals surface area contributed by atoms with E-state index in [1.807, 2.05) is 0 Å². The molecule has 10 heteroatoms. The van der Waals surface area contributed by atoms with Crippen LogP contribution < -0.4 is 0 Å². The maximum absolute atomic E-state index is 11.6. The van der Waals surface area contributed by atoms with Crippen LogP contribution in [0.4, 0.5) is 0 Å². The first kappa shape index (κ1) is 18.1. The highest BCUT2D eigenvalue weighted by atomic mass is 31.2. The Hall–Kier alpha value is 0.0149. The minimum atomic E-state index is -4.19. The van der Waals surface area contributed by atoms with Gasteiger partial charge >= 0.3 is 7.82 Å². The largest absolute Gasteiger partial charge is 0.472 e. The van der Waals surface area contributed by atoms with Gasteiger partial charge in [-0.25, -0.2) is 4.57 Å². The molecule has 0 aromatic rings. The summed E-state index contributed by atoms with van der Waals surface area (Å²) in [5.74, 6) is 0. The molecule has 1 heterocycles. The zero-order valence-electron chi connectivity index (χ0n) is 11.8. The summed E-state index contributed by atoms with van der Waals surface area (Å²) in [6.07, 6.45) is -2.23. The van der Waals surface area contributed by atoms with E-state index in [9.17, 15) is 9.46 Å². The SMILES string of the molecule is [B][C@@H]1O[C@H](COC)C(OP(=O)(O)OC)[C@@H]1OCCOC. The minimum Gasteiger partial charge on any atom is -0.382 e. The zero-order valence-corrected chi connectivity index (χ0v) is 12.7. The second-order valence-electron chi connectivity index (χ2n) is 4.14. The maximum Gasteiger partial charge on any atom is 0.472 e. The second-order valence-corrected chi connectivity index (χ2v) is 5.66. The van der Waals surface area contributed by atoms with E-state index in [1.165, 1.54) is 14.2 Å². The van der Waals surface area contributed by atoms with Gasteiger partial charge in [0.25, 0.3) is 0 Å². The highest BCUT2D eigenvalue weighted by Crippen LogP contribution is 2.46. The van der Waals surface area contributed by atoms with Crippen LogP contribution in [0, 0.1) is 0 Å². The van der Waals surface area contributed by atoms with Gasteiger partial charge in [0.2, 0.25) is 0 Å². The van der Waals surface area contributed by atoms with Gasteiger partial charge in [-0.2, -0.15) is 0 Å². The van der Waals surface area contributed by atoms with Crippen molar-refractivity contribution in [1.82, 2.24) is 0 Å². The lowest BCUT2D eigenvalue weighted by atomic mass is 9.93. The van der Waals surface area contributed by atoms with E-state index < -0.39 is 32.1 Å². The van der Waals surface area contributed by atoms with Gasteiger partial charge in [-0.05, 0) is 0 Å². The van der Waals surface area contributed by atoms with Crippen LogP contribution in [-0.4, -0.2) is 78.2 Å². The quantitative estimate of drug-likeness (QED) is 0.352. The van der Waals surface area contributed by atoms with Crippen LogP contribution in [0.25, 0.3) is 0 Å². The lowest BCUT2D eigenvalue weighted by Gasteiger charge is -2.25. The highest BCUT2D eigenvalue weighted by molar-refractivity contribution is 7.47. The summed E-state index contributed by atoms with van der Waals surface area (Å²) in [5, 5.41) is 0. The molecule has 0 aliphatic carbocycles. The summed E-state index contributed by atoms with van der Waals surface area (Å²) >= 11 is 0. The molecule has 8 nitrogen and oxygen atoms in total. The molecule has 0 bridgehead atoms. The Morgan fingerprint density at radius 2 is 1.90 bits per heavy atom. The van der Waals surface area contributed by atoms with Crippen LogP contribution in [0.15, 0.2) is 0 Å². The van der Waals surface area contributed by atoms with E-state index in [2.05, 4.69) is 4.52 Å². The summed E-state index contributed by atoms with van der Waals surface area (Å²) in [5.41, 5.74) is 0. The van der Waals surface area contributed by atoms with E-state index in [-0.39, 0.29) is 13.2 Å². The number of hydrogen-bond acceptors (Lipinski definition) is 7. The third-order valence-corrected chi connectivity index (χ3v) is 3.73. The Kier molecular flexibility index (Phi) is 7.64. The Morgan fingerprint density at radius 3 is 2.45 bits per heavy atom. The summed E-state index contributed by atoms with van der Waals surface area (Å²) in [4.78, 5) is 9.44. The second kappa shape index (κ2) is 8.46. The van der Waals surface area contributed by atoms with Crippen molar-refractivity contribution < 1.29 is 37.5 Å². The van der Waals surface area contributed by atoms with Gasteiger partial charge in [-0.3, -0.25) is 9.05 Å². The number of ether oxygens (including phenoxy) is 4. The molecule has 1 saturated heterocycles. The van der Waals surface area contributed by atoms with E-state index in [0.717, 1.165) is 7.11 Å². The van der Waals surface area contributed by atoms with Crippen molar-refractivity contribution in [3.8, 4) is 0 Å². The van der Waals surface area contributed by atoms with Gasteiger partial charge in [-0.15, -0.1) is 0 Å². The third kappa shape index (κ3) is 5.09. The molecule has 5 atom stereocenters. The highest BCUT2D eigenvalue weighted by Gasteiger charge is 2.47. The summed E-state index contributed by atoms with van der Waals surface area (Å²) in [7, 11) is 5.68. The fourth-order valence-corrected chi connectivity index (χ4v) is 2.48. The Bertz CT molecular complexity index is 330. The van der Waals surface area contributed by atoms with Gasteiger partial charge in [0.1, 0.15) is 26.2 Å². The van der Waals surface area contributed by atoms with E-state index >= 15 is 0 Å². The van der Waals surface area contributed by atoms with Crippen LogP contribution in [-0.2, 0) is 32.6 Å². The van der Waals surface area contributed by atoms with Crippen molar-refractivity contribution in [2.45, 2.75) is 24.3 Å². The first-order chi connectivity index (χ1) is 9.45. The van der Waals surface area contributed by atoms with Gasteiger partial charge in [0.05, 0.1) is 19.8 Å². The predicted octanol–water partition coefficient (Wildman–Crippen LogP) is -0.310. The van der Waals surface area contributed by atoms with Crippen molar-refractivity contribution in [2.75, 3.05) is 41.2 Å². The molecule has 0 spiro atoms. The molecular weight excluding hydrogens is 290 g/mol. The van der Waals surface area contributed by atoms with Crippen LogP contribution >= 0.6 is 7.82 Å². The van der Waals surface area contributed by atoms with Crippen LogP contribution in [0.5, 0.6) is 0 Å². The molecule has 1 N–H and O–H groups in total. The Morgan fingerprint density at radius 1 is 1.20 bits per heavy atom. The van der Waals surface area contributed by atoms with Crippen molar-refractivity contribution in [3.05, 3.63) is 0 Å². The zero-order chi connectivity index (χ0) is 15.2. The van der Waals surface area contributed by atoms with Crippen molar-refractivity contribution in [2.24, 2.45) is 0 Å². The molecule has 20 heavy (non-hydrogen) atoms. The lowest BCUT2D eigenvalue weighted by Crippen LogP contribution is -2.39.